The van der Waals surface area contributed by atoms with Gasteiger partial charge in [-0.2, -0.15) is 5.26 Å². The Bertz CT molecular complexity index is 2110. The number of likely N-dealkylation sites (tertiary alicyclic amines) is 1. The van der Waals surface area contributed by atoms with Crippen LogP contribution >= 0.6 is 22.9 Å². The number of hydrogen-bond donors (Lipinski definition) is 1. The lowest BCUT2D eigenvalue weighted by molar-refractivity contribution is -0.152. The molecular formula is C30H28ClN9O5S2. The summed E-state index contributed by atoms with van der Waals surface area (Å²) >= 11 is 7.16. The highest BCUT2D eigenvalue weighted by Gasteiger charge is 2.56. The van der Waals surface area contributed by atoms with E-state index in [2.05, 4.69) is 32.1 Å². The third-order valence-corrected chi connectivity index (χ3v) is 12.6. The van der Waals surface area contributed by atoms with E-state index in [0.717, 1.165) is 27.4 Å². The molecule has 0 unspecified atom stereocenters. The summed E-state index contributed by atoms with van der Waals surface area (Å²) in [5.41, 5.74) is 0.179. The Balaban J connectivity index is 1.19. The van der Waals surface area contributed by atoms with Gasteiger partial charge in [-0.25, -0.2) is 23.4 Å². The van der Waals surface area contributed by atoms with Crippen molar-refractivity contribution in [1.29, 1.82) is 5.26 Å². The Morgan fingerprint density at radius 1 is 1.26 bits per heavy atom. The molecule has 17 heteroatoms. The number of likely N-dealkylation sites (N-methyl/N-ethyl adjacent to an activating group) is 1. The van der Waals surface area contributed by atoms with E-state index in [0.29, 0.717) is 31.1 Å². The highest BCUT2D eigenvalue weighted by Crippen LogP contribution is 2.46. The van der Waals surface area contributed by atoms with Crippen LogP contribution in [0.5, 0.6) is 0 Å². The number of ether oxygens (including phenoxy) is 1. The SMILES string of the molecule is C[C@H]1CN(C(=O)CC#N)[C@]12CCN(c1ncnc3c1ccn3COC1=C(C(=O)Nc3ccccn3)N(C)S(=O)(=O)c3sc(Cl)cc31)C2. The van der Waals surface area contributed by atoms with Gasteiger partial charge in [0.2, 0.25) is 5.91 Å². The van der Waals surface area contributed by atoms with Crippen molar-refractivity contribution in [3.05, 3.63) is 64.6 Å². The van der Waals surface area contributed by atoms with Crippen LogP contribution in [0.15, 0.2) is 59.0 Å². The van der Waals surface area contributed by atoms with Crippen molar-refractivity contribution in [2.24, 2.45) is 5.92 Å². The maximum atomic E-state index is 13.6. The number of anilines is 2. The van der Waals surface area contributed by atoms with Crippen LogP contribution in [-0.2, 0) is 31.1 Å². The normalized spacial score (nSPS) is 21.5. The van der Waals surface area contributed by atoms with Gasteiger partial charge < -0.3 is 19.9 Å². The zero-order valence-electron chi connectivity index (χ0n) is 25.3. The zero-order valence-corrected chi connectivity index (χ0v) is 27.6. The van der Waals surface area contributed by atoms with Crippen molar-refractivity contribution < 1.29 is 22.7 Å². The van der Waals surface area contributed by atoms with Crippen LogP contribution in [0.4, 0.5) is 11.6 Å². The maximum absolute atomic E-state index is 13.6. The molecule has 2 saturated heterocycles. The third-order valence-electron chi connectivity index (χ3n) is 9.06. The number of thiophene rings is 1. The van der Waals surface area contributed by atoms with Crippen LogP contribution in [-0.4, -0.2) is 81.2 Å². The molecule has 3 aliphatic rings. The van der Waals surface area contributed by atoms with Crippen molar-refractivity contribution in [2.75, 3.05) is 36.9 Å². The Morgan fingerprint density at radius 2 is 2.09 bits per heavy atom. The van der Waals surface area contributed by atoms with E-state index in [4.69, 9.17) is 21.6 Å². The molecule has 0 radical (unpaired) electrons. The van der Waals surface area contributed by atoms with Crippen LogP contribution in [0.1, 0.15) is 25.3 Å². The quantitative estimate of drug-likeness (QED) is 0.303. The number of carbonyl (C=O) groups is 2. The predicted octanol–water partition coefficient (Wildman–Crippen LogP) is 3.50. The van der Waals surface area contributed by atoms with Crippen molar-refractivity contribution in [2.45, 2.75) is 36.2 Å². The molecule has 242 valence electrons. The fourth-order valence-electron chi connectivity index (χ4n) is 6.61. The van der Waals surface area contributed by atoms with E-state index in [1.54, 1.807) is 29.0 Å². The number of pyridine rings is 1. The van der Waals surface area contributed by atoms with Crippen LogP contribution in [0.25, 0.3) is 16.8 Å². The molecule has 4 aromatic heterocycles. The zero-order chi connectivity index (χ0) is 33.1. The average molecular weight is 694 g/mol. The van der Waals surface area contributed by atoms with Gasteiger partial charge in [-0.15, -0.1) is 11.3 Å². The van der Waals surface area contributed by atoms with Gasteiger partial charge in [0.05, 0.1) is 26.9 Å². The second kappa shape index (κ2) is 11.5. The molecule has 14 nitrogen and oxygen atoms in total. The van der Waals surface area contributed by atoms with Gasteiger partial charge in [0.25, 0.3) is 15.9 Å². The largest absolute Gasteiger partial charge is 0.470 e. The first-order valence-electron chi connectivity index (χ1n) is 14.7. The third kappa shape index (κ3) is 4.96. The molecule has 47 heavy (non-hydrogen) atoms. The first kappa shape index (κ1) is 30.9. The van der Waals surface area contributed by atoms with Gasteiger partial charge >= 0.3 is 0 Å². The molecule has 2 fully saturated rings. The Hall–Kier alpha value is -4.72. The minimum Gasteiger partial charge on any atom is -0.470 e. The van der Waals surface area contributed by atoms with Gasteiger partial charge in [-0.05, 0) is 36.6 Å². The summed E-state index contributed by atoms with van der Waals surface area (Å²) < 4.78 is 35.9. The molecule has 0 saturated carbocycles. The van der Waals surface area contributed by atoms with Crippen LogP contribution in [0.3, 0.4) is 0 Å². The minimum absolute atomic E-state index is 0.0348. The van der Waals surface area contributed by atoms with Gasteiger partial charge in [-0.1, -0.05) is 24.6 Å². The van der Waals surface area contributed by atoms with Crippen molar-refractivity contribution in [3.63, 3.8) is 0 Å². The van der Waals surface area contributed by atoms with Crippen LogP contribution < -0.4 is 10.2 Å². The number of sulfonamides is 1. The highest BCUT2D eigenvalue weighted by molar-refractivity contribution is 7.91. The molecule has 0 aromatic carbocycles. The molecule has 0 bridgehead atoms. The number of carbonyl (C=O) groups excluding carboxylic acids is 2. The van der Waals surface area contributed by atoms with Gasteiger partial charge in [0, 0.05) is 39.1 Å². The number of rotatable bonds is 7. The van der Waals surface area contributed by atoms with Crippen LogP contribution in [0, 0.1) is 17.2 Å². The second-order valence-electron chi connectivity index (χ2n) is 11.6. The average Bonchev–Trinajstić information content (AvgIpc) is 3.80. The standard InChI is InChI=1S/C30H28ClN9O5S2/c1-18-14-40(23(41)6-9-32)30(18)8-12-38(15-30)26-19-7-11-39(27(19)35-16-34-26)17-45-25-20-13-21(31)46-29(20)47(43,44)37(2)24(25)28(42)36-22-5-3-4-10-33-22/h3-5,7,10-11,13,16,18H,6,8,12,14-15,17H2,1-2H3,(H,33,36,42)/t18-,30-/m0/s1. The predicted molar refractivity (Wildman–Crippen MR) is 173 cm³/mol. The summed E-state index contributed by atoms with van der Waals surface area (Å²) in [4.78, 5) is 43.4. The monoisotopic (exact) mass is 693 g/mol. The summed E-state index contributed by atoms with van der Waals surface area (Å²) in [7, 11) is -2.80. The number of nitriles is 1. The molecule has 7 rings (SSSR count). The number of halogens is 1. The number of nitrogens with one attached hydrogen (secondary N) is 1. The number of fused-ring (bicyclic) bond motifs is 2. The molecule has 7 heterocycles. The Labute approximate surface area is 278 Å². The molecule has 2 amide bonds. The van der Waals surface area contributed by atoms with E-state index in [1.165, 1.54) is 25.6 Å². The lowest BCUT2D eigenvalue weighted by atomic mass is 9.74. The summed E-state index contributed by atoms with van der Waals surface area (Å²) in [6.07, 6.45) is 5.37. The molecule has 3 aliphatic heterocycles. The van der Waals surface area contributed by atoms with Crippen molar-refractivity contribution in [3.8, 4) is 6.07 Å². The molecule has 1 N–H and O–H groups in total. The lowest BCUT2D eigenvalue weighted by Crippen LogP contribution is -2.69. The molecule has 4 aromatic rings. The number of aromatic nitrogens is 4. The Morgan fingerprint density at radius 3 is 2.83 bits per heavy atom. The van der Waals surface area contributed by atoms with Crippen molar-refractivity contribution in [1.82, 2.24) is 28.7 Å². The van der Waals surface area contributed by atoms with E-state index < -0.39 is 15.9 Å². The molecular weight excluding hydrogens is 666 g/mol. The molecule has 1 spiro atoms. The first-order chi connectivity index (χ1) is 22.5. The summed E-state index contributed by atoms with van der Waals surface area (Å²) in [6, 6.07) is 10.3. The van der Waals surface area contributed by atoms with Crippen LogP contribution in [0.2, 0.25) is 4.34 Å². The summed E-state index contributed by atoms with van der Waals surface area (Å²) in [6.45, 7) is 3.91. The summed E-state index contributed by atoms with van der Waals surface area (Å²) in [5, 5.41) is 12.5. The van der Waals surface area contributed by atoms with Gasteiger partial charge in [0.15, 0.2) is 22.4 Å². The minimum atomic E-state index is -4.09. The van der Waals surface area contributed by atoms with Gasteiger partial charge in [0.1, 0.15) is 30.0 Å². The number of amides is 2. The maximum Gasteiger partial charge on any atom is 0.278 e. The topological polar surface area (TPSA) is 167 Å². The Kier molecular flexibility index (Phi) is 7.57. The van der Waals surface area contributed by atoms with E-state index in [9.17, 15) is 18.0 Å². The van der Waals surface area contributed by atoms with E-state index in [-0.39, 0.29) is 61.9 Å². The summed E-state index contributed by atoms with van der Waals surface area (Å²) in [5.74, 6) is 0.394. The molecule has 2 atom stereocenters. The van der Waals surface area contributed by atoms with E-state index >= 15 is 0 Å². The molecule has 0 aliphatic carbocycles. The smallest absolute Gasteiger partial charge is 0.278 e. The number of nitrogens with zero attached hydrogens (tertiary/aromatic N) is 8. The fraction of sp³-hybridized carbons (Fsp3) is 0.333. The van der Waals surface area contributed by atoms with Crippen molar-refractivity contribution >= 4 is 73.2 Å². The van der Waals surface area contributed by atoms with Gasteiger partial charge in [-0.3, -0.25) is 18.5 Å². The fourth-order valence-corrected chi connectivity index (χ4v) is 9.81. The lowest BCUT2D eigenvalue weighted by Gasteiger charge is -2.55. The highest BCUT2D eigenvalue weighted by atomic mass is 35.5. The first-order valence-corrected chi connectivity index (χ1v) is 17.3. The second-order valence-corrected chi connectivity index (χ2v) is 15.4. The van der Waals surface area contributed by atoms with E-state index in [1.807, 2.05) is 17.0 Å². The number of hydrogen-bond acceptors (Lipinski definition) is 11.